The van der Waals surface area contributed by atoms with Crippen LogP contribution in [-0.2, 0) is 10.2 Å². The molecule has 4 nitrogen and oxygen atoms in total. The Kier molecular flexibility index (Phi) is 3.69. The van der Waals surface area contributed by atoms with Crippen LogP contribution in [0, 0.1) is 0 Å². The Labute approximate surface area is 113 Å². The molecule has 1 saturated carbocycles. The van der Waals surface area contributed by atoms with Crippen molar-refractivity contribution in [2.24, 2.45) is 0 Å². The lowest BCUT2D eigenvalue weighted by Gasteiger charge is -2.28. The summed E-state index contributed by atoms with van der Waals surface area (Å²) < 4.78 is 5.69. The normalized spacial score (nSPS) is 17.6. The fraction of sp³-hybridized carbons (Fsp3) is 0.533. The van der Waals surface area contributed by atoms with Crippen molar-refractivity contribution in [2.75, 3.05) is 0 Å². The summed E-state index contributed by atoms with van der Waals surface area (Å²) in [5.41, 5.74) is -0.566. The van der Waals surface area contributed by atoms with Crippen molar-refractivity contribution in [1.82, 2.24) is 0 Å². The van der Waals surface area contributed by atoms with Gasteiger partial charge < -0.3 is 14.9 Å². The second-order valence-corrected chi connectivity index (χ2v) is 5.41. The summed E-state index contributed by atoms with van der Waals surface area (Å²) >= 11 is 0. The number of carbonyl (C=O) groups is 1. The van der Waals surface area contributed by atoms with Gasteiger partial charge in [-0.2, -0.15) is 0 Å². The molecule has 0 bridgehead atoms. The molecule has 0 spiro atoms. The molecule has 0 aromatic heterocycles. The highest BCUT2D eigenvalue weighted by Crippen LogP contribution is 2.48. The van der Waals surface area contributed by atoms with E-state index in [0.29, 0.717) is 24.2 Å². The number of aliphatic carboxylic acids is 1. The number of carboxylic acid groups (broad SMARTS) is 1. The fourth-order valence-electron chi connectivity index (χ4n) is 2.90. The van der Waals surface area contributed by atoms with E-state index < -0.39 is 11.4 Å². The van der Waals surface area contributed by atoms with E-state index in [9.17, 15) is 15.0 Å². The first kappa shape index (κ1) is 13.7. The molecule has 1 fully saturated rings. The number of ether oxygens (including phenoxy) is 1. The minimum atomic E-state index is -1.00. The summed E-state index contributed by atoms with van der Waals surface area (Å²) in [6, 6.07) is 4.95. The molecule has 2 rings (SSSR count). The van der Waals surface area contributed by atoms with Crippen LogP contribution in [0.15, 0.2) is 18.2 Å². The average molecular weight is 264 g/mol. The quantitative estimate of drug-likeness (QED) is 0.877. The van der Waals surface area contributed by atoms with Crippen molar-refractivity contribution in [3.05, 3.63) is 23.8 Å². The van der Waals surface area contributed by atoms with Crippen molar-refractivity contribution in [1.29, 1.82) is 0 Å². The Balaban J connectivity index is 2.55. The monoisotopic (exact) mass is 264 g/mol. The van der Waals surface area contributed by atoms with Crippen LogP contribution in [0.1, 0.15) is 45.1 Å². The zero-order valence-electron chi connectivity index (χ0n) is 11.3. The molecular weight excluding hydrogens is 244 g/mol. The third-order valence-corrected chi connectivity index (χ3v) is 3.71. The second kappa shape index (κ2) is 5.11. The predicted octanol–water partition coefficient (Wildman–Crippen LogP) is 3.08. The fourth-order valence-corrected chi connectivity index (χ4v) is 2.90. The zero-order valence-corrected chi connectivity index (χ0v) is 11.3. The van der Waals surface area contributed by atoms with E-state index in [4.69, 9.17) is 4.74 Å². The van der Waals surface area contributed by atoms with Crippen LogP contribution in [0.25, 0.3) is 0 Å². The van der Waals surface area contributed by atoms with Crippen LogP contribution in [0.2, 0.25) is 0 Å². The lowest BCUT2D eigenvalue weighted by molar-refractivity contribution is -0.143. The predicted molar refractivity (Wildman–Crippen MR) is 71.7 cm³/mol. The highest BCUT2D eigenvalue weighted by molar-refractivity contribution is 5.84. The van der Waals surface area contributed by atoms with E-state index in [1.54, 1.807) is 12.1 Å². The summed E-state index contributed by atoms with van der Waals surface area (Å²) in [4.78, 5) is 11.7. The topological polar surface area (TPSA) is 66.8 Å². The van der Waals surface area contributed by atoms with Crippen molar-refractivity contribution in [3.63, 3.8) is 0 Å². The smallest absolute Gasteiger partial charge is 0.314 e. The maximum absolute atomic E-state index is 11.7. The van der Waals surface area contributed by atoms with Crippen LogP contribution in [0.4, 0.5) is 0 Å². The Bertz CT molecular complexity index is 473. The molecular formula is C15H20O4. The molecule has 0 unspecified atom stereocenters. The van der Waals surface area contributed by atoms with Gasteiger partial charge in [0, 0.05) is 0 Å². The maximum atomic E-state index is 11.7. The van der Waals surface area contributed by atoms with Crippen molar-refractivity contribution in [2.45, 2.75) is 51.0 Å². The van der Waals surface area contributed by atoms with Crippen LogP contribution in [0.3, 0.4) is 0 Å². The number of hydrogen-bond donors (Lipinski definition) is 2. The molecule has 104 valence electrons. The first-order valence-electron chi connectivity index (χ1n) is 6.70. The van der Waals surface area contributed by atoms with E-state index in [1.807, 2.05) is 13.8 Å². The molecule has 0 atom stereocenters. The van der Waals surface area contributed by atoms with Crippen LogP contribution < -0.4 is 4.74 Å². The number of aromatic hydroxyl groups is 1. The molecule has 0 radical (unpaired) electrons. The third-order valence-electron chi connectivity index (χ3n) is 3.71. The van der Waals surface area contributed by atoms with Gasteiger partial charge in [-0.25, -0.2) is 0 Å². The molecule has 1 aromatic carbocycles. The van der Waals surface area contributed by atoms with Gasteiger partial charge in [-0.05, 0) is 38.8 Å². The largest absolute Gasteiger partial charge is 0.507 e. The number of phenols is 1. The Morgan fingerprint density at radius 2 is 1.95 bits per heavy atom. The number of rotatable bonds is 4. The minimum absolute atomic E-state index is 0.0162. The highest BCUT2D eigenvalue weighted by atomic mass is 16.5. The summed E-state index contributed by atoms with van der Waals surface area (Å²) in [6.07, 6.45) is 2.76. The highest BCUT2D eigenvalue weighted by Gasteiger charge is 2.46. The maximum Gasteiger partial charge on any atom is 0.314 e. The summed E-state index contributed by atoms with van der Waals surface area (Å²) in [6.45, 7) is 3.77. The molecule has 1 aliphatic rings. The van der Waals surface area contributed by atoms with Crippen molar-refractivity contribution in [3.8, 4) is 11.5 Å². The molecule has 0 saturated heterocycles. The van der Waals surface area contributed by atoms with E-state index >= 15 is 0 Å². The van der Waals surface area contributed by atoms with Gasteiger partial charge in [0.15, 0.2) is 0 Å². The average Bonchev–Trinajstić information content (AvgIpc) is 2.78. The summed E-state index contributed by atoms with van der Waals surface area (Å²) in [7, 11) is 0. The van der Waals surface area contributed by atoms with E-state index in [-0.39, 0.29) is 11.9 Å². The van der Waals surface area contributed by atoms with Gasteiger partial charge in [0.05, 0.1) is 17.1 Å². The summed E-state index contributed by atoms with van der Waals surface area (Å²) in [5.74, 6) is -0.373. The Morgan fingerprint density at radius 1 is 1.32 bits per heavy atom. The van der Waals surface area contributed by atoms with Crippen LogP contribution >= 0.6 is 0 Å². The standard InChI is InChI=1S/C15H20O4/c1-10(2)19-12-7-5-6-11(16)13(12)15(14(17)18)8-3-4-9-15/h5-7,10,16H,3-4,8-9H2,1-2H3,(H,17,18). The minimum Gasteiger partial charge on any atom is -0.507 e. The SMILES string of the molecule is CC(C)Oc1cccc(O)c1C1(C(=O)O)CCCC1. The first-order valence-corrected chi connectivity index (χ1v) is 6.70. The molecule has 0 aliphatic heterocycles. The van der Waals surface area contributed by atoms with Crippen LogP contribution in [-0.4, -0.2) is 22.3 Å². The van der Waals surface area contributed by atoms with E-state index in [1.165, 1.54) is 6.07 Å². The van der Waals surface area contributed by atoms with Gasteiger partial charge >= 0.3 is 5.97 Å². The lowest BCUT2D eigenvalue weighted by Crippen LogP contribution is -2.33. The van der Waals surface area contributed by atoms with Gasteiger partial charge in [-0.3, -0.25) is 4.79 Å². The van der Waals surface area contributed by atoms with Gasteiger partial charge in [0.25, 0.3) is 0 Å². The van der Waals surface area contributed by atoms with Gasteiger partial charge in [-0.15, -0.1) is 0 Å². The number of hydrogen-bond acceptors (Lipinski definition) is 3. The van der Waals surface area contributed by atoms with Crippen molar-refractivity contribution < 1.29 is 19.7 Å². The lowest BCUT2D eigenvalue weighted by atomic mass is 9.78. The Hall–Kier alpha value is -1.71. The molecule has 1 aliphatic carbocycles. The van der Waals surface area contributed by atoms with E-state index in [0.717, 1.165) is 12.8 Å². The molecule has 1 aromatic rings. The molecule has 4 heteroatoms. The molecule has 0 heterocycles. The number of phenolic OH excluding ortho intramolecular Hbond substituents is 1. The Morgan fingerprint density at radius 3 is 2.47 bits per heavy atom. The second-order valence-electron chi connectivity index (χ2n) is 5.41. The summed E-state index contributed by atoms with van der Waals surface area (Å²) in [5, 5.41) is 19.8. The molecule has 19 heavy (non-hydrogen) atoms. The van der Waals surface area contributed by atoms with E-state index in [2.05, 4.69) is 0 Å². The van der Waals surface area contributed by atoms with Gasteiger partial charge in [0.1, 0.15) is 11.5 Å². The van der Waals surface area contributed by atoms with Gasteiger partial charge in [0.2, 0.25) is 0 Å². The molecule has 0 amide bonds. The van der Waals surface area contributed by atoms with Crippen molar-refractivity contribution >= 4 is 5.97 Å². The van der Waals surface area contributed by atoms with Gasteiger partial charge in [-0.1, -0.05) is 18.9 Å². The third kappa shape index (κ3) is 2.39. The number of benzene rings is 1. The first-order chi connectivity index (χ1) is 8.97. The molecule has 2 N–H and O–H groups in total. The number of carboxylic acids is 1. The van der Waals surface area contributed by atoms with Crippen LogP contribution in [0.5, 0.6) is 11.5 Å². The zero-order chi connectivity index (χ0) is 14.0.